The van der Waals surface area contributed by atoms with Crippen molar-refractivity contribution >= 4 is 41.7 Å². The summed E-state index contributed by atoms with van der Waals surface area (Å²) < 4.78 is 2.20. The van der Waals surface area contributed by atoms with Crippen LogP contribution in [0.15, 0.2) is 52.6 Å². The van der Waals surface area contributed by atoms with Crippen molar-refractivity contribution in [3.8, 4) is 0 Å². The van der Waals surface area contributed by atoms with Gasteiger partial charge in [-0.3, -0.25) is 4.99 Å². The van der Waals surface area contributed by atoms with Gasteiger partial charge >= 0.3 is 0 Å². The SMILES string of the molecule is CCNC(=NCC(C)Sc1ccccc1)NCCCCn1ccnc1C.I. The minimum atomic E-state index is 0. The van der Waals surface area contributed by atoms with Gasteiger partial charge in [-0.2, -0.15) is 0 Å². The van der Waals surface area contributed by atoms with Crippen LogP contribution in [0.2, 0.25) is 0 Å². The maximum atomic E-state index is 4.73. The lowest BCUT2D eigenvalue weighted by Gasteiger charge is -2.13. The van der Waals surface area contributed by atoms with Crippen LogP contribution in [0.5, 0.6) is 0 Å². The number of guanidine groups is 1. The molecular weight excluding hydrogens is 469 g/mol. The van der Waals surface area contributed by atoms with E-state index in [1.54, 1.807) is 0 Å². The number of thioether (sulfide) groups is 1. The number of halogens is 1. The number of nitrogens with one attached hydrogen (secondary N) is 2. The first-order valence-electron chi connectivity index (χ1n) is 9.40. The summed E-state index contributed by atoms with van der Waals surface area (Å²) in [7, 11) is 0. The number of nitrogens with zero attached hydrogens (tertiary/aromatic N) is 3. The molecule has 27 heavy (non-hydrogen) atoms. The molecule has 7 heteroatoms. The number of benzene rings is 1. The zero-order valence-corrected chi connectivity index (χ0v) is 19.7. The quantitative estimate of drug-likeness (QED) is 0.167. The smallest absolute Gasteiger partial charge is 0.191 e. The van der Waals surface area contributed by atoms with Gasteiger partial charge in [0.25, 0.3) is 0 Å². The lowest BCUT2D eigenvalue weighted by atomic mass is 10.3. The molecule has 0 fully saturated rings. The summed E-state index contributed by atoms with van der Waals surface area (Å²) in [6, 6.07) is 10.5. The Balaban J connectivity index is 0.00000364. The molecule has 1 heterocycles. The van der Waals surface area contributed by atoms with Crippen LogP contribution in [0.4, 0.5) is 0 Å². The number of unbranched alkanes of at least 4 members (excludes halogenated alkanes) is 1. The van der Waals surface area contributed by atoms with Crippen molar-refractivity contribution in [2.75, 3.05) is 19.6 Å². The minimum Gasteiger partial charge on any atom is -0.357 e. The molecule has 0 radical (unpaired) electrons. The van der Waals surface area contributed by atoms with Gasteiger partial charge in [-0.05, 0) is 38.8 Å². The highest BCUT2D eigenvalue weighted by Gasteiger charge is 2.05. The average molecular weight is 501 g/mol. The van der Waals surface area contributed by atoms with E-state index in [1.807, 2.05) is 37.1 Å². The molecule has 1 aromatic carbocycles. The van der Waals surface area contributed by atoms with Crippen LogP contribution < -0.4 is 10.6 Å². The summed E-state index contributed by atoms with van der Waals surface area (Å²) in [6.45, 7) is 9.98. The lowest BCUT2D eigenvalue weighted by molar-refractivity contribution is 0.588. The van der Waals surface area contributed by atoms with Gasteiger partial charge < -0.3 is 15.2 Å². The van der Waals surface area contributed by atoms with Crippen molar-refractivity contribution in [3.63, 3.8) is 0 Å². The first kappa shape index (κ1) is 23.8. The Hall–Kier alpha value is -1.22. The van der Waals surface area contributed by atoms with Crippen molar-refractivity contribution in [2.45, 2.75) is 50.3 Å². The normalized spacial score (nSPS) is 12.3. The maximum absolute atomic E-state index is 4.73. The Morgan fingerprint density at radius 3 is 2.67 bits per heavy atom. The predicted molar refractivity (Wildman–Crippen MR) is 127 cm³/mol. The summed E-state index contributed by atoms with van der Waals surface area (Å²) >= 11 is 1.86. The second-order valence-corrected chi connectivity index (χ2v) is 7.77. The molecule has 1 aromatic heterocycles. The highest BCUT2D eigenvalue weighted by Crippen LogP contribution is 2.22. The van der Waals surface area contributed by atoms with Crippen molar-refractivity contribution in [1.82, 2.24) is 20.2 Å². The number of aryl methyl sites for hydroxylation is 2. The molecule has 5 nitrogen and oxygen atoms in total. The van der Waals surface area contributed by atoms with Gasteiger partial charge in [-0.15, -0.1) is 35.7 Å². The van der Waals surface area contributed by atoms with E-state index in [2.05, 4.69) is 58.3 Å². The third-order valence-corrected chi connectivity index (χ3v) is 5.07. The Kier molecular flexibility index (Phi) is 12.2. The monoisotopic (exact) mass is 501 g/mol. The molecule has 1 unspecified atom stereocenters. The van der Waals surface area contributed by atoms with E-state index in [-0.39, 0.29) is 24.0 Å². The van der Waals surface area contributed by atoms with Crippen LogP contribution in [0.3, 0.4) is 0 Å². The fourth-order valence-corrected chi connectivity index (χ4v) is 3.51. The molecule has 0 bridgehead atoms. The number of rotatable bonds is 10. The molecule has 0 aliphatic heterocycles. The van der Waals surface area contributed by atoms with Crippen molar-refractivity contribution < 1.29 is 0 Å². The zero-order valence-electron chi connectivity index (χ0n) is 16.5. The maximum Gasteiger partial charge on any atom is 0.191 e. The molecule has 150 valence electrons. The summed E-state index contributed by atoms with van der Waals surface area (Å²) in [5.41, 5.74) is 0. The Morgan fingerprint density at radius 2 is 2.00 bits per heavy atom. The van der Waals surface area contributed by atoms with E-state index in [9.17, 15) is 0 Å². The summed E-state index contributed by atoms with van der Waals surface area (Å²) in [4.78, 5) is 10.3. The number of hydrogen-bond donors (Lipinski definition) is 2. The molecule has 0 aliphatic rings. The van der Waals surface area contributed by atoms with Crippen molar-refractivity contribution in [1.29, 1.82) is 0 Å². The number of aromatic nitrogens is 2. The Bertz CT molecular complexity index is 659. The lowest BCUT2D eigenvalue weighted by Crippen LogP contribution is -2.38. The largest absolute Gasteiger partial charge is 0.357 e. The molecule has 2 aromatic rings. The van der Waals surface area contributed by atoms with Gasteiger partial charge in [0.15, 0.2) is 5.96 Å². The topological polar surface area (TPSA) is 54.2 Å². The number of hydrogen-bond acceptors (Lipinski definition) is 3. The minimum absolute atomic E-state index is 0. The molecule has 0 aliphatic carbocycles. The van der Waals surface area contributed by atoms with E-state index in [4.69, 9.17) is 4.99 Å². The van der Waals surface area contributed by atoms with E-state index in [1.165, 1.54) is 4.90 Å². The van der Waals surface area contributed by atoms with Gasteiger partial charge in [-0.1, -0.05) is 25.1 Å². The molecule has 0 saturated heterocycles. The van der Waals surface area contributed by atoms with Gasteiger partial charge in [0.1, 0.15) is 5.82 Å². The van der Waals surface area contributed by atoms with Crippen LogP contribution in [-0.2, 0) is 6.54 Å². The second kappa shape index (κ2) is 13.9. The predicted octanol–water partition coefficient (Wildman–Crippen LogP) is 4.33. The summed E-state index contributed by atoms with van der Waals surface area (Å²) in [5, 5.41) is 7.21. The molecule has 0 saturated carbocycles. The van der Waals surface area contributed by atoms with E-state index < -0.39 is 0 Å². The molecule has 0 amide bonds. The van der Waals surface area contributed by atoms with E-state index in [0.29, 0.717) is 5.25 Å². The Labute approximate surface area is 184 Å². The second-order valence-electron chi connectivity index (χ2n) is 6.26. The summed E-state index contributed by atoms with van der Waals surface area (Å²) in [5.74, 6) is 1.99. The van der Waals surface area contributed by atoms with E-state index >= 15 is 0 Å². The fraction of sp³-hybridized carbons (Fsp3) is 0.500. The van der Waals surface area contributed by atoms with Crippen LogP contribution in [0, 0.1) is 6.92 Å². The van der Waals surface area contributed by atoms with Gasteiger partial charge in [0, 0.05) is 42.2 Å². The highest BCUT2D eigenvalue weighted by molar-refractivity contribution is 14.0. The van der Waals surface area contributed by atoms with Crippen LogP contribution in [0.1, 0.15) is 32.5 Å². The highest BCUT2D eigenvalue weighted by atomic mass is 127. The average Bonchev–Trinajstić information content (AvgIpc) is 3.05. The molecule has 2 N–H and O–H groups in total. The zero-order chi connectivity index (χ0) is 18.6. The number of imidazole rings is 1. The van der Waals surface area contributed by atoms with Gasteiger partial charge in [-0.25, -0.2) is 4.98 Å². The third kappa shape index (κ3) is 9.51. The molecule has 2 rings (SSSR count). The van der Waals surface area contributed by atoms with Gasteiger partial charge in [0.05, 0.1) is 6.54 Å². The van der Waals surface area contributed by atoms with Crippen LogP contribution in [0.25, 0.3) is 0 Å². The first-order valence-corrected chi connectivity index (χ1v) is 10.3. The standard InChI is InChI=1S/C20H31N5S.HI/c1-4-21-20(23-12-8-9-14-25-15-13-22-18(25)3)24-16-17(2)26-19-10-6-5-7-11-19;/h5-7,10-11,13,15,17H,4,8-9,12,14,16H2,1-3H3,(H2,21,23,24);1H. The van der Waals surface area contributed by atoms with Gasteiger partial charge in [0.2, 0.25) is 0 Å². The van der Waals surface area contributed by atoms with E-state index in [0.717, 1.165) is 50.8 Å². The number of aliphatic imine (C=N–C) groups is 1. The van der Waals surface area contributed by atoms with Crippen LogP contribution in [-0.4, -0.2) is 40.4 Å². The molecule has 1 atom stereocenters. The van der Waals surface area contributed by atoms with Crippen LogP contribution >= 0.6 is 35.7 Å². The fourth-order valence-electron chi connectivity index (χ4n) is 2.58. The van der Waals surface area contributed by atoms with Crippen molar-refractivity contribution in [2.24, 2.45) is 4.99 Å². The molecule has 0 spiro atoms. The summed E-state index contributed by atoms with van der Waals surface area (Å²) in [6.07, 6.45) is 6.14. The third-order valence-electron chi connectivity index (χ3n) is 3.97. The molecular formula is C20H32IN5S. The first-order chi connectivity index (χ1) is 12.7. The van der Waals surface area contributed by atoms with Crippen molar-refractivity contribution in [3.05, 3.63) is 48.5 Å². The Morgan fingerprint density at radius 1 is 1.22 bits per heavy atom.